The van der Waals surface area contributed by atoms with Gasteiger partial charge in [0.05, 0.1) is 19.8 Å². The molecular weight excluding hydrogens is 340 g/mol. The van der Waals surface area contributed by atoms with Crippen molar-refractivity contribution >= 4 is 23.4 Å². The van der Waals surface area contributed by atoms with Gasteiger partial charge in [0.1, 0.15) is 6.10 Å². The summed E-state index contributed by atoms with van der Waals surface area (Å²) in [6.45, 7) is 0. The highest BCUT2D eigenvalue weighted by Crippen LogP contribution is 2.30. The quantitative estimate of drug-likeness (QED) is 0.853. The van der Waals surface area contributed by atoms with E-state index in [0.29, 0.717) is 28.6 Å². The summed E-state index contributed by atoms with van der Waals surface area (Å²) in [6.07, 6.45) is 2.77. The third-order valence-corrected chi connectivity index (χ3v) is 4.95. The summed E-state index contributed by atoms with van der Waals surface area (Å²) in [5.74, 6) is 3.57. The van der Waals surface area contributed by atoms with E-state index in [1.807, 2.05) is 11.8 Å². The zero-order valence-electron chi connectivity index (χ0n) is 14.2. The van der Waals surface area contributed by atoms with Crippen LogP contribution in [0, 0.1) is 0 Å². The Morgan fingerprint density at radius 3 is 2.68 bits per heavy atom. The number of nitrogens with one attached hydrogen (secondary N) is 1. The zero-order valence-corrected chi connectivity index (χ0v) is 15.0. The van der Waals surface area contributed by atoms with Crippen LogP contribution in [0.2, 0.25) is 0 Å². The van der Waals surface area contributed by atoms with E-state index in [-0.39, 0.29) is 12.0 Å². The number of aromatic nitrogens is 1. The van der Waals surface area contributed by atoms with Crippen molar-refractivity contribution < 1.29 is 19.0 Å². The molecule has 0 spiro atoms. The van der Waals surface area contributed by atoms with Crippen LogP contribution >= 0.6 is 11.8 Å². The summed E-state index contributed by atoms with van der Waals surface area (Å²) in [6, 6.07) is 8.64. The third kappa shape index (κ3) is 4.36. The van der Waals surface area contributed by atoms with Crippen LogP contribution in [0.5, 0.6) is 17.4 Å². The maximum Gasteiger partial charge on any atom is 0.257 e. The number of thioether (sulfide) groups is 1. The van der Waals surface area contributed by atoms with Crippen LogP contribution in [0.25, 0.3) is 0 Å². The number of carbonyl (C=O) groups excluding carboxylic acids is 1. The van der Waals surface area contributed by atoms with Crippen molar-refractivity contribution in [3.8, 4) is 17.4 Å². The number of hydrogen-bond acceptors (Lipinski definition) is 6. The Bertz CT molecular complexity index is 730. The third-order valence-electron chi connectivity index (χ3n) is 3.82. The number of rotatable bonds is 6. The van der Waals surface area contributed by atoms with Gasteiger partial charge >= 0.3 is 0 Å². The standard InChI is InChI=1S/C18H20N2O4S/c1-22-15-5-4-13(9-16(15)23-2)20-18(21)12-3-6-17(19-10-12)24-14-7-8-25-11-14/h3-6,9-10,14H,7-8,11H2,1-2H3,(H,20,21). The predicted molar refractivity (Wildman–Crippen MR) is 98.1 cm³/mol. The maximum atomic E-state index is 12.4. The molecule has 0 aliphatic carbocycles. The van der Waals surface area contributed by atoms with Crippen LogP contribution < -0.4 is 19.5 Å². The minimum Gasteiger partial charge on any atom is -0.493 e. The van der Waals surface area contributed by atoms with E-state index < -0.39 is 0 Å². The second-order valence-electron chi connectivity index (χ2n) is 5.51. The molecule has 0 saturated carbocycles. The first-order valence-electron chi connectivity index (χ1n) is 7.93. The monoisotopic (exact) mass is 360 g/mol. The van der Waals surface area contributed by atoms with Gasteiger partial charge < -0.3 is 19.5 Å². The summed E-state index contributed by atoms with van der Waals surface area (Å²) in [5.41, 5.74) is 1.08. The van der Waals surface area contributed by atoms with Crippen molar-refractivity contribution in [2.24, 2.45) is 0 Å². The fourth-order valence-electron chi connectivity index (χ4n) is 2.48. The zero-order chi connectivity index (χ0) is 17.6. The van der Waals surface area contributed by atoms with Gasteiger partial charge in [0, 0.05) is 29.8 Å². The molecule has 1 aliphatic heterocycles. The van der Waals surface area contributed by atoms with E-state index in [1.54, 1.807) is 44.6 Å². The van der Waals surface area contributed by atoms with Crippen LogP contribution in [0.3, 0.4) is 0 Å². The highest BCUT2D eigenvalue weighted by Gasteiger charge is 2.17. The van der Waals surface area contributed by atoms with Gasteiger partial charge in [-0.25, -0.2) is 4.98 Å². The molecule has 6 nitrogen and oxygen atoms in total. The second-order valence-corrected chi connectivity index (χ2v) is 6.66. The topological polar surface area (TPSA) is 69.7 Å². The van der Waals surface area contributed by atoms with Gasteiger partial charge in [-0.2, -0.15) is 11.8 Å². The largest absolute Gasteiger partial charge is 0.493 e. The van der Waals surface area contributed by atoms with Gasteiger partial charge in [-0.3, -0.25) is 4.79 Å². The summed E-state index contributed by atoms with van der Waals surface area (Å²) in [7, 11) is 3.12. The molecule has 7 heteroatoms. The minimum atomic E-state index is -0.248. The molecule has 1 atom stereocenters. The van der Waals surface area contributed by atoms with Crippen LogP contribution in [0.4, 0.5) is 5.69 Å². The van der Waals surface area contributed by atoms with E-state index >= 15 is 0 Å². The van der Waals surface area contributed by atoms with Gasteiger partial charge in [-0.05, 0) is 30.4 Å². The molecule has 3 rings (SSSR count). The smallest absolute Gasteiger partial charge is 0.257 e. The van der Waals surface area contributed by atoms with Gasteiger partial charge in [-0.15, -0.1) is 0 Å². The van der Waals surface area contributed by atoms with Crippen molar-refractivity contribution in [3.05, 3.63) is 42.1 Å². The van der Waals surface area contributed by atoms with Crippen molar-refractivity contribution in [1.82, 2.24) is 4.98 Å². The average Bonchev–Trinajstić information content (AvgIpc) is 3.15. The lowest BCUT2D eigenvalue weighted by molar-refractivity contribution is 0.102. The van der Waals surface area contributed by atoms with E-state index in [2.05, 4.69) is 10.3 Å². The fourth-order valence-corrected chi connectivity index (χ4v) is 3.57. The molecule has 1 saturated heterocycles. The Morgan fingerprint density at radius 1 is 1.20 bits per heavy atom. The van der Waals surface area contributed by atoms with E-state index in [1.165, 1.54) is 6.20 Å². The molecule has 1 N–H and O–H groups in total. The number of hydrogen-bond donors (Lipinski definition) is 1. The lowest BCUT2D eigenvalue weighted by Crippen LogP contribution is -2.16. The lowest BCUT2D eigenvalue weighted by atomic mass is 10.2. The van der Waals surface area contributed by atoms with E-state index in [9.17, 15) is 4.79 Å². The predicted octanol–water partition coefficient (Wildman–Crippen LogP) is 3.24. The van der Waals surface area contributed by atoms with Crippen molar-refractivity contribution in [2.45, 2.75) is 12.5 Å². The Balaban J connectivity index is 1.64. The number of benzene rings is 1. The Kier molecular flexibility index (Phi) is 5.65. The summed E-state index contributed by atoms with van der Waals surface area (Å²) < 4.78 is 16.2. The molecule has 1 unspecified atom stereocenters. The highest BCUT2D eigenvalue weighted by atomic mass is 32.2. The molecular formula is C18H20N2O4S. The van der Waals surface area contributed by atoms with Crippen LogP contribution in [-0.4, -0.2) is 42.7 Å². The van der Waals surface area contributed by atoms with Crippen molar-refractivity contribution in [3.63, 3.8) is 0 Å². The number of pyridine rings is 1. The molecule has 25 heavy (non-hydrogen) atoms. The van der Waals surface area contributed by atoms with Crippen molar-refractivity contribution in [1.29, 1.82) is 0 Å². The summed E-state index contributed by atoms with van der Waals surface area (Å²) in [4.78, 5) is 16.6. The van der Waals surface area contributed by atoms with Gasteiger partial charge in [-0.1, -0.05) is 0 Å². The number of anilines is 1. The first-order valence-corrected chi connectivity index (χ1v) is 9.09. The molecule has 132 valence electrons. The summed E-state index contributed by atoms with van der Waals surface area (Å²) >= 11 is 1.88. The van der Waals surface area contributed by atoms with Crippen LogP contribution in [0.15, 0.2) is 36.5 Å². The Labute approximate surface area is 150 Å². The van der Waals surface area contributed by atoms with E-state index in [4.69, 9.17) is 14.2 Å². The molecule has 2 heterocycles. The van der Waals surface area contributed by atoms with Gasteiger partial charge in [0.25, 0.3) is 5.91 Å². The summed E-state index contributed by atoms with van der Waals surface area (Å²) in [5, 5.41) is 2.82. The average molecular weight is 360 g/mol. The first-order chi connectivity index (χ1) is 12.2. The van der Waals surface area contributed by atoms with Crippen LogP contribution in [-0.2, 0) is 0 Å². The molecule has 0 bridgehead atoms. The Hall–Kier alpha value is -2.41. The molecule has 1 amide bonds. The molecule has 2 aromatic rings. The fraction of sp³-hybridized carbons (Fsp3) is 0.333. The first kappa shape index (κ1) is 17.4. The number of methoxy groups -OCH3 is 2. The number of ether oxygens (including phenoxy) is 3. The van der Waals surface area contributed by atoms with Gasteiger partial charge in [0.15, 0.2) is 11.5 Å². The molecule has 1 fully saturated rings. The van der Waals surface area contributed by atoms with E-state index in [0.717, 1.165) is 17.9 Å². The SMILES string of the molecule is COc1ccc(NC(=O)c2ccc(OC3CCSC3)nc2)cc1OC. The highest BCUT2D eigenvalue weighted by molar-refractivity contribution is 7.99. The minimum absolute atomic E-state index is 0.212. The molecule has 1 aromatic heterocycles. The molecule has 1 aromatic carbocycles. The number of amides is 1. The maximum absolute atomic E-state index is 12.4. The Morgan fingerprint density at radius 2 is 2.04 bits per heavy atom. The molecule has 1 aliphatic rings. The second kappa shape index (κ2) is 8.11. The van der Waals surface area contributed by atoms with Crippen LogP contribution in [0.1, 0.15) is 16.8 Å². The lowest BCUT2D eigenvalue weighted by Gasteiger charge is -2.12. The molecule has 0 radical (unpaired) electrons. The van der Waals surface area contributed by atoms with Gasteiger partial charge in [0.2, 0.25) is 5.88 Å². The normalized spacial score (nSPS) is 16.3. The number of carbonyl (C=O) groups is 1. The van der Waals surface area contributed by atoms with Crippen molar-refractivity contribution in [2.75, 3.05) is 31.0 Å². The number of nitrogens with zero attached hydrogens (tertiary/aromatic N) is 1.